The van der Waals surface area contributed by atoms with Gasteiger partial charge in [0.1, 0.15) is 11.5 Å². The molecule has 0 fully saturated rings. The third kappa shape index (κ3) is 11.7. The van der Waals surface area contributed by atoms with Crippen LogP contribution >= 0.6 is 34.2 Å². The molecule has 4 aromatic rings. The van der Waals surface area contributed by atoms with Crippen LogP contribution in [0.4, 0.5) is 0 Å². The van der Waals surface area contributed by atoms with Crippen molar-refractivity contribution in [2.75, 3.05) is 14.2 Å². The van der Waals surface area contributed by atoms with Crippen molar-refractivity contribution in [1.29, 1.82) is 0 Å². The van der Waals surface area contributed by atoms with Gasteiger partial charge in [0.25, 0.3) is 23.6 Å². The van der Waals surface area contributed by atoms with E-state index in [1.54, 1.807) is 37.4 Å². The van der Waals surface area contributed by atoms with E-state index in [-0.39, 0.29) is 23.6 Å². The Morgan fingerprint density at radius 3 is 1.25 bits per heavy atom. The van der Waals surface area contributed by atoms with Crippen molar-refractivity contribution >= 4 is 57.8 Å². The predicted octanol–water partition coefficient (Wildman–Crippen LogP) is 9.47. The number of ether oxygens (including phenoxy) is 2. The zero-order chi connectivity index (χ0) is 42.1. The van der Waals surface area contributed by atoms with Gasteiger partial charge < -0.3 is 9.47 Å². The third-order valence-electron chi connectivity index (χ3n) is 8.57. The van der Waals surface area contributed by atoms with E-state index < -0.39 is 17.0 Å². The van der Waals surface area contributed by atoms with E-state index in [0.717, 1.165) is 27.8 Å². The Labute approximate surface area is 350 Å². The second kappa shape index (κ2) is 19.5. The molecule has 0 unspecified atom stereocenters. The molecule has 0 bridgehead atoms. The van der Waals surface area contributed by atoms with E-state index in [9.17, 15) is 19.2 Å². The normalized spacial score (nSPS) is 11.1. The second-order valence-electron chi connectivity index (χ2n) is 15.5. The molecule has 56 heavy (non-hydrogen) atoms. The van der Waals surface area contributed by atoms with Crippen LogP contribution in [0, 0.1) is 27.7 Å². The summed E-state index contributed by atoms with van der Waals surface area (Å²) in [4.78, 5) is 52.5. The number of carbonyl (C=O) groups excluding carboxylic acids is 4. The number of amides is 4. The largest absolute Gasteiger partial charge is 0.496 e. The van der Waals surface area contributed by atoms with Crippen molar-refractivity contribution < 1.29 is 28.7 Å². The van der Waals surface area contributed by atoms with Crippen LogP contribution in [0.3, 0.4) is 0 Å². The smallest absolute Gasteiger partial charge is 0.272 e. The zero-order valence-corrected chi connectivity index (χ0v) is 37.4. The van der Waals surface area contributed by atoms with Gasteiger partial charge in [-0.25, -0.2) is 10.0 Å². The molecular weight excluding hydrogens is 843 g/mol. The van der Waals surface area contributed by atoms with Gasteiger partial charge >= 0.3 is 0 Å². The van der Waals surface area contributed by atoms with Crippen molar-refractivity contribution in [3.8, 4) is 11.5 Å². The lowest BCUT2D eigenvalue weighted by atomic mass is 10.0. The number of aryl methyl sites for hydroxylation is 4. The van der Waals surface area contributed by atoms with E-state index in [4.69, 9.17) is 21.1 Å². The Balaban J connectivity index is 0.000000300. The first-order chi connectivity index (χ1) is 26.2. The monoisotopic (exact) mass is 896 g/mol. The highest BCUT2D eigenvalue weighted by molar-refractivity contribution is 14.1. The molecule has 10 nitrogen and oxygen atoms in total. The molecule has 0 saturated carbocycles. The van der Waals surface area contributed by atoms with E-state index in [1.807, 2.05) is 112 Å². The van der Waals surface area contributed by atoms with Gasteiger partial charge in [0, 0.05) is 37.8 Å². The first-order valence-corrected chi connectivity index (χ1v) is 20.1. The maximum Gasteiger partial charge on any atom is 0.272 e. The molecule has 0 spiro atoms. The maximum atomic E-state index is 13.2. The molecule has 0 atom stereocenters. The van der Waals surface area contributed by atoms with E-state index >= 15 is 0 Å². The first kappa shape index (κ1) is 45.8. The van der Waals surface area contributed by atoms with Crippen molar-refractivity contribution in [2.24, 2.45) is 0 Å². The highest BCUT2D eigenvalue weighted by Crippen LogP contribution is 2.27. The second-order valence-corrected chi connectivity index (χ2v) is 16.5. The summed E-state index contributed by atoms with van der Waals surface area (Å²) in [5.41, 5.74) is 11.7. The highest BCUT2D eigenvalue weighted by atomic mass is 127. The summed E-state index contributed by atoms with van der Waals surface area (Å²) in [5, 5.41) is 2.76. The van der Waals surface area contributed by atoms with E-state index in [2.05, 4.69) is 33.4 Å². The summed E-state index contributed by atoms with van der Waals surface area (Å²) in [7, 11) is 3.11. The summed E-state index contributed by atoms with van der Waals surface area (Å²) in [5.74, 6) is 0.0402. The van der Waals surface area contributed by atoms with E-state index in [1.165, 1.54) is 17.1 Å². The molecule has 0 aliphatic heterocycles. The third-order valence-corrected chi connectivity index (χ3v) is 9.60. The van der Waals surface area contributed by atoms with Crippen LogP contribution in [0.25, 0.3) is 0 Å². The fourth-order valence-electron chi connectivity index (χ4n) is 6.04. The molecule has 0 heterocycles. The number of halogens is 2. The quantitative estimate of drug-likeness (QED) is 0.103. The fourth-order valence-corrected chi connectivity index (χ4v) is 7.10. The molecule has 0 saturated heterocycles. The van der Waals surface area contributed by atoms with Crippen LogP contribution in [-0.2, 0) is 10.3 Å². The van der Waals surface area contributed by atoms with Crippen LogP contribution in [0.1, 0.15) is 116 Å². The Morgan fingerprint density at radius 1 is 0.607 bits per heavy atom. The zero-order valence-electron chi connectivity index (χ0n) is 34.4. The Hall–Kier alpha value is -4.62. The fraction of sp³-hybridized carbons (Fsp3) is 0.364. The summed E-state index contributed by atoms with van der Waals surface area (Å²) < 4.78 is 11.3. The van der Waals surface area contributed by atoms with Gasteiger partial charge in [-0.05, 0) is 118 Å². The number of hydrazine groups is 2. The Bertz CT molecular complexity index is 1880. The number of carbonyl (C=O) groups is 4. The Morgan fingerprint density at radius 2 is 0.946 bits per heavy atom. The van der Waals surface area contributed by atoms with Gasteiger partial charge in [-0.1, -0.05) is 69.1 Å². The molecule has 0 aromatic heterocycles. The number of rotatable bonds is 8. The molecule has 300 valence electrons. The van der Waals surface area contributed by atoms with Gasteiger partial charge in [0.2, 0.25) is 0 Å². The number of benzene rings is 4. The Kier molecular flexibility index (Phi) is 15.9. The van der Waals surface area contributed by atoms with Crippen LogP contribution in [0.2, 0.25) is 0 Å². The lowest BCUT2D eigenvalue weighted by Gasteiger charge is -2.35. The molecule has 0 aliphatic rings. The highest BCUT2D eigenvalue weighted by Gasteiger charge is 2.32. The SMILES string of the molecule is COc1cccc(C(=O)NN(C(=O)c2cc(C)cc(C)c2)C(C)(C)C)c1CCl.COc1cccc(C(=O)NN(C(=O)c2cc(C)cc(C)c2)C(C)(C)C)c1CI. The number of hydrogen-bond donors (Lipinski definition) is 2. The minimum absolute atomic E-state index is 0.118. The molecule has 2 N–H and O–H groups in total. The van der Waals surface area contributed by atoms with Crippen LogP contribution in [0.15, 0.2) is 72.8 Å². The van der Waals surface area contributed by atoms with Gasteiger partial charge in [-0.15, -0.1) is 11.6 Å². The average molecular weight is 897 g/mol. The van der Waals surface area contributed by atoms with Gasteiger partial charge in [-0.2, -0.15) is 0 Å². The number of nitrogens with one attached hydrogen (secondary N) is 2. The topological polar surface area (TPSA) is 117 Å². The van der Waals surface area contributed by atoms with E-state index in [0.29, 0.717) is 43.7 Å². The van der Waals surface area contributed by atoms with Gasteiger partial charge in [-0.3, -0.25) is 30.0 Å². The summed E-state index contributed by atoms with van der Waals surface area (Å²) in [6, 6.07) is 21.8. The molecule has 12 heteroatoms. The van der Waals surface area contributed by atoms with Crippen LogP contribution in [-0.4, -0.2) is 58.9 Å². The van der Waals surface area contributed by atoms with Crippen LogP contribution < -0.4 is 20.3 Å². The minimum atomic E-state index is -0.635. The van der Waals surface area contributed by atoms with Gasteiger partial charge in [0.15, 0.2) is 0 Å². The number of methoxy groups -OCH3 is 2. The molecular formula is C44H54ClIN4O6. The molecule has 4 rings (SSSR count). The van der Waals surface area contributed by atoms with Crippen molar-refractivity contribution in [3.05, 3.63) is 128 Å². The molecule has 0 radical (unpaired) electrons. The summed E-state index contributed by atoms with van der Waals surface area (Å²) in [6.07, 6.45) is 0. The van der Waals surface area contributed by atoms with Crippen LogP contribution in [0.5, 0.6) is 11.5 Å². The predicted molar refractivity (Wildman–Crippen MR) is 232 cm³/mol. The van der Waals surface area contributed by atoms with Crippen molar-refractivity contribution in [3.63, 3.8) is 0 Å². The maximum absolute atomic E-state index is 13.2. The molecule has 4 aromatic carbocycles. The summed E-state index contributed by atoms with van der Waals surface area (Å²) >= 11 is 8.24. The van der Waals surface area contributed by atoms with Crippen molar-refractivity contribution in [1.82, 2.24) is 20.9 Å². The molecule has 0 aliphatic carbocycles. The van der Waals surface area contributed by atoms with Gasteiger partial charge in [0.05, 0.1) is 31.2 Å². The van der Waals surface area contributed by atoms with Crippen molar-refractivity contribution in [2.45, 2.75) is 90.6 Å². The lowest BCUT2D eigenvalue weighted by Crippen LogP contribution is -2.56. The first-order valence-electron chi connectivity index (χ1n) is 18.1. The molecule has 4 amide bonds. The standard InChI is InChI=1S/C22H27ClN2O3.C22H27IN2O3/c2*1-14-10-15(2)12-16(11-14)21(27)25(22(3,4)5)24-20(26)17-8-7-9-19(28-6)18(17)13-23/h2*7-12H,13H2,1-6H3,(H,24,26). The minimum Gasteiger partial charge on any atom is -0.496 e. The number of alkyl halides is 2. The average Bonchev–Trinajstić information content (AvgIpc) is 3.12. The summed E-state index contributed by atoms with van der Waals surface area (Å²) in [6.45, 7) is 19.0. The lowest BCUT2D eigenvalue weighted by molar-refractivity contribution is 0.0356. The number of hydrogen-bond acceptors (Lipinski definition) is 6. The number of nitrogens with zero attached hydrogens (tertiary/aromatic N) is 2.